The molecule has 0 fully saturated rings. The highest BCUT2D eigenvalue weighted by Gasteiger charge is 2.06. The molecule has 0 unspecified atom stereocenters. The van der Waals surface area contributed by atoms with E-state index < -0.39 is 0 Å². The normalized spacial score (nSPS) is 11.6. The zero-order chi connectivity index (χ0) is 16.5. The molecule has 122 valence electrons. The molecular weight excluding hydrogens is 292 g/mol. The number of para-hydroxylation sites is 1. The van der Waals surface area contributed by atoms with Crippen LogP contribution in [0.15, 0.2) is 54.6 Å². The Morgan fingerprint density at radius 3 is 2.48 bits per heavy atom. The van der Waals surface area contributed by atoms with Gasteiger partial charge >= 0.3 is 6.03 Å². The average Bonchev–Trinajstić information content (AvgIpc) is 2.55. The van der Waals surface area contributed by atoms with E-state index in [9.17, 15) is 4.79 Å². The van der Waals surface area contributed by atoms with Gasteiger partial charge in [0.1, 0.15) is 12.4 Å². The average molecular weight is 314 g/mol. The van der Waals surface area contributed by atoms with Crippen molar-refractivity contribution < 1.29 is 14.6 Å². The fourth-order valence-electron chi connectivity index (χ4n) is 2.02. The van der Waals surface area contributed by atoms with Gasteiger partial charge < -0.3 is 20.5 Å². The number of aliphatic hydroxyl groups excluding tert-OH is 1. The standard InChI is InChI=1S/C18H22N2O3/c1-14(11-12-21)19-18(22)20-16-9-7-15(8-10-16)13-23-17-5-3-2-4-6-17/h2-10,14,21H,11-13H2,1H3,(H2,19,20,22)/t14-/m1/s1. The summed E-state index contributed by atoms with van der Waals surface area (Å²) in [7, 11) is 0. The number of ether oxygens (including phenoxy) is 1. The lowest BCUT2D eigenvalue weighted by Gasteiger charge is -2.13. The Morgan fingerprint density at radius 1 is 1.13 bits per heavy atom. The molecule has 23 heavy (non-hydrogen) atoms. The number of hydrogen-bond acceptors (Lipinski definition) is 3. The SMILES string of the molecule is C[C@H](CCO)NC(=O)Nc1ccc(COc2ccccc2)cc1. The molecule has 2 amide bonds. The molecule has 0 aromatic heterocycles. The first-order chi connectivity index (χ1) is 11.2. The Hall–Kier alpha value is -2.53. The molecule has 2 rings (SSSR count). The molecule has 0 aliphatic heterocycles. The third-order valence-corrected chi connectivity index (χ3v) is 3.30. The van der Waals surface area contributed by atoms with Crippen molar-refractivity contribution in [3.8, 4) is 5.75 Å². The molecule has 0 bridgehead atoms. The molecule has 1 atom stereocenters. The fraction of sp³-hybridized carbons (Fsp3) is 0.278. The van der Waals surface area contributed by atoms with Crippen molar-refractivity contribution in [3.05, 3.63) is 60.2 Å². The Bertz CT molecular complexity index is 599. The highest BCUT2D eigenvalue weighted by molar-refractivity contribution is 5.89. The summed E-state index contributed by atoms with van der Waals surface area (Å²) in [5.74, 6) is 0.826. The van der Waals surface area contributed by atoms with Gasteiger partial charge in [-0.2, -0.15) is 0 Å². The van der Waals surface area contributed by atoms with Gasteiger partial charge in [-0.25, -0.2) is 4.79 Å². The lowest BCUT2D eigenvalue weighted by Crippen LogP contribution is -2.36. The summed E-state index contributed by atoms with van der Waals surface area (Å²) in [4.78, 5) is 11.8. The van der Waals surface area contributed by atoms with Crippen LogP contribution in [0.5, 0.6) is 5.75 Å². The van der Waals surface area contributed by atoms with Gasteiger partial charge in [-0.05, 0) is 43.2 Å². The van der Waals surface area contributed by atoms with Crippen LogP contribution in [-0.4, -0.2) is 23.8 Å². The first-order valence-corrected chi connectivity index (χ1v) is 7.62. The van der Waals surface area contributed by atoms with Crippen LogP contribution in [0.25, 0.3) is 0 Å². The minimum atomic E-state index is -0.278. The number of benzene rings is 2. The van der Waals surface area contributed by atoms with Gasteiger partial charge in [-0.3, -0.25) is 0 Å². The molecule has 5 nitrogen and oxygen atoms in total. The van der Waals surface area contributed by atoms with E-state index in [2.05, 4.69) is 10.6 Å². The van der Waals surface area contributed by atoms with Crippen LogP contribution in [0.1, 0.15) is 18.9 Å². The number of rotatable bonds is 7. The van der Waals surface area contributed by atoms with Crippen molar-refractivity contribution in [1.29, 1.82) is 0 Å². The highest BCUT2D eigenvalue weighted by Crippen LogP contribution is 2.14. The van der Waals surface area contributed by atoms with Crippen molar-refractivity contribution in [2.45, 2.75) is 26.0 Å². The molecule has 0 saturated carbocycles. The maximum absolute atomic E-state index is 11.8. The minimum absolute atomic E-state index is 0.0531. The van der Waals surface area contributed by atoms with Crippen molar-refractivity contribution >= 4 is 11.7 Å². The second-order valence-corrected chi connectivity index (χ2v) is 5.31. The van der Waals surface area contributed by atoms with Crippen LogP contribution in [0.4, 0.5) is 10.5 Å². The number of anilines is 1. The molecule has 0 spiro atoms. The van der Waals surface area contributed by atoms with E-state index >= 15 is 0 Å². The summed E-state index contributed by atoms with van der Waals surface area (Å²) in [6.07, 6.45) is 0.531. The van der Waals surface area contributed by atoms with E-state index in [0.717, 1.165) is 11.3 Å². The first-order valence-electron chi connectivity index (χ1n) is 7.62. The number of urea groups is 1. The second kappa shape index (κ2) is 8.80. The van der Waals surface area contributed by atoms with Crippen LogP contribution in [-0.2, 0) is 6.61 Å². The molecule has 0 radical (unpaired) electrons. The third kappa shape index (κ3) is 6.00. The Balaban J connectivity index is 1.81. The van der Waals surface area contributed by atoms with Gasteiger partial charge in [-0.15, -0.1) is 0 Å². The van der Waals surface area contributed by atoms with Gasteiger partial charge in [0.15, 0.2) is 0 Å². The van der Waals surface area contributed by atoms with E-state index in [4.69, 9.17) is 9.84 Å². The number of amides is 2. The van der Waals surface area contributed by atoms with Crippen LogP contribution in [0.3, 0.4) is 0 Å². The van der Waals surface area contributed by atoms with E-state index in [1.807, 2.05) is 61.5 Å². The minimum Gasteiger partial charge on any atom is -0.489 e. The fourth-order valence-corrected chi connectivity index (χ4v) is 2.02. The summed E-state index contributed by atoms with van der Waals surface area (Å²) in [6, 6.07) is 16.8. The number of hydrogen-bond donors (Lipinski definition) is 3. The van der Waals surface area contributed by atoms with Gasteiger partial charge in [-0.1, -0.05) is 30.3 Å². The zero-order valence-corrected chi connectivity index (χ0v) is 13.2. The summed E-state index contributed by atoms with van der Waals surface area (Å²) in [5.41, 5.74) is 1.73. The van der Waals surface area contributed by atoms with Crippen LogP contribution in [0.2, 0.25) is 0 Å². The summed E-state index contributed by atoms with van der Waals surface area (Å²) in [5, 5.41) is 14.3. The molecule has 2 aromatic carbocycles. The van der Waals surface area contributed by atoms with Crippen molar-refractivity contribution in [2.75, 3.05) is 11.9 Å². The van der Waals surface area contributed by atoms with Crippen LogP contribution < -0.4 is 15.4 Å². The Morgan fingerprint density at radius 2 is 1.83 bits per heavy atom. The zero-order valence-electron chi connectivity index (χ0n) is 13.2. The van der Waals surface area contributed by atoms with Crippen LogP contribution in [0, 0.1) is 0 Å². The van der Waals surface area contributed by atoms with Crippen molar-refractivity contribution in [2.24, 2.45) is 0 Å². The topological polar surface area (TPSA) is 70.6 Å². The van der Waals surface area contributed by atoms with E-state index in [1.165, 1.54) is 0 Å². The Kier molecular flexibility index (Phi) is 6.44. The maximum atomic E-state index is 11.8. The quantitative estimate of drug-likeness (QED) is 0.735. The summed E-state index contributed by atoms with van der Waals surface area (Å²) in [6.45, 7) is 2.38. The molecule has 3 N–H and O–H groups in total. The number of nitrogens with one attached hydrogen (secondary N) is 2. The maximum Gasteiger partial charge on any atom is 0.319 e. The van der Waals surface area contributed by atoms with E-state index in [0.29, 0.717) is 18.7 Å². The van der Waals surface area contributed by atoms with Crippen molar-refractivity contribution in [3.63, 3.8) is 0 Å². The van der Waals surface area contributed by atoms with E-state index in [1.54, 1.807) is 0 Å². The third-order valence-electron chi connectivity index (χ3n) is 3.30. The number of carbonyl (C=O) groups excluding carboxylic acids is 1. The molecule has 0 saturated heterocycles. The smallest absolute Gasteiger partial charge is 0.319 e. The molecule has 0 aliphatic rings. The molecule has 0 aliphatic carbocycles. The summed E-state index contributed by atoms with van der Waals surface area (Å²) < 4.78 is 5.67. The van der Waals surface area contributed by atoms with Gasteiger partial charge in [0, 0.05) is 18.3 Å². The van der Waals surface area contributed by atoms with Gasteiger partial charge in [0.05, 0.1) is 0 Å². The molecular formula is C18H22N2O3. The molecule has 5 heteroatoms. The molecule has 2 aromatic rings. The lowest BCUT2D eigenvalue weighted by molar-refractivity contribution is 0.241. The van der Waals surface area contributed by atoms with E-state index in [-0.39, 0.29) is 18.7 Å². The monoisotopic (exact) mass is 314 g/mol. The number of aliphatic hydroxyl groups is 1. The van der Waals surface area contributed by atoms with Crippen LogP contribution >= 0.6 is 0 Å². The predicted molar refractivity (Wildman–Crippen MR) is 90.5 cm³/mol. The first kappa shape index (κ1) is 16.8. The van der Waals surface area contributed by atoms with Gasteiger partial charge in [0.2, 0.25) is 0 Å². The predicted octanol–water partition coefficient (Wildman–Crippen LogP) is 3.16. The van der Waals surface area contributed by atoms with Crippen molar-refractivity contribution in [1.82, 2.24) is 5.32 Å². The second-order valence-electron chi connectivity index (χ2n) is 5.31. The highest BCUT2D eigenvalue weighted by atomic mass is 16.5. The summed E-state index contributed by atoms with van der Waals surface area (Å²) >= 11 is 0. The lowest BCUT2D eigenvalue weighted by atomic mass is 10.2. The van der Waals surface area contributed by atoms with Gasteiger partial charge in [0.25, 0.3) is 0 Å². The largest absolute Gasteiger partial charge is 0.489 e. The Labute approximate surface area is 136 Å². The number of carbonyl (C=O) groups is 1. The molecule has 0 heterocycles.